The molecule has 1 fully saturated rings. The average molecular weight is 364 g/mol. The number of hydrogen-bond donors (Lipinski definition) is 3. The molecule has 1 unspecified atom stereocenters. The number of carbonyl (C=O) groups excluding carboxylic acids is 2. The maximum absolute atomic E-state index is 11.8. The van der Waals surface area contributed by atoms with Gasteiger partial charge in [0.05, 0.1) is 6.54 Å². The van der Waals surface area contributed by atoms with Gasteiger partial charge < -0.3 is 16.0 Å². The second kappa shape index (κ2) is 9.94. The maximum Gasteiger partial charge on any atom is 0.243 e. The molecule has 3 N–H and O–H groups in total. The van der Waals surface area contributed by atoms with Crippen LogP contribution in [0.4, 0.5) is 5.69 Å². The molecule has 5 nitrogen and oxygen atoms in total. The minimum absolute atomic E-state index is 0. The number of thioether (sulfide) groups is 1. The van der Waals surface area contributed by atoms with Gasteiger partial charge in [-0.3, -0.25) is 9.59 Å². The van der Waals surface area contributed by atoms with Crippen LogP contribution in [0.25, 0.3) is 0 Å². The lowest BCUT2D eigenvalue weighted by Gasteiger charge is -2.22. The topological polar surface area (TPSA) is 70.2 Å². The van der Waals surface area contributed by atoms with Crippen molar-refractivity contribution < 1.29 is 9.59 Å². The van der Waals surface area contributed by atoms with Crippen LogP contribution in [0.1, 0.15) is 6.42 Å². The molecule has 0 saturated carbocycles. The van der Waals surface area contributed by atoms with Crippen LogP contribution in [-0.4, -0.2) is 42.5 Å². The fourth-order valence-corrected chi connectivity index (χ4v) is 3.04. The zero-order valence-electron chi connectivity index (χ0n) is 11.9. The molecule has 1 atom stereocenters. The van der Waals surface area contributed by atoms with Crippen LogP contribution in [0.3, 0.4) is 0 Å². The Morgan fingerprint density at radius 3 is 2.64 bits per heavy atom. The number of halogens is 2. The highest BCUT2D eigenvalue weighted by atomic mass is 35.5. The Morgan fingerprint density at radius 1 is 1.27 bits per heavy atom. The smallest absolute Gasteiger partial charge is 0.243 e. The highest BCUT2D eigenvalue weighted by Gasteiger charge is 2.16. The van der Waals surface area contributed by atoms with Crippen LogP contribution in [0, 0.1) is 0 Å². The number of nitrogens with one attached hydrogen (secondary N) is 3. The summed E-state index contributed by atoms with van der Waals surface area (Å²) in [5.41, 5.74) is 0.656. The zero-order valence-corrected chi connectivity index (χ0v) is 14.3. The lowest BCUT2D eigenvalue weighted by atomic mass is 10.2. The monoisotopic (exact) mass is 363 g/mol. The molecule has 8 heteroatoms. The van der Waals surface area contributed by atoms with Crippen molar-refractivity contribution in [3.05, 3.63) is 29.3 Å². The summed E-state index contributed by atoms with van der Waals surface area (Å²) in [7, 11) is 0. The number of benzene rings is 1. The fraction of sp³-hybridized carbons (Fsp3) is 0.429. The van der Waals surface area contributed by atoms with E-state index in [0.29, 0.717) is 17.1 Å². The summed E-state index contributed by atoms with van der Waals surface area (Å²) in [5, 5.41) is 9.23. The predicted molar refractivity (Wildman–Crippen MR) is 94.1 cm³/mol. The molecule has 1 aromatic rings. The molecule has 1 aromatic carbocycles. The summed E-state index contributed by atoms with van der Waals surface area (Å²) >= 11 is 7.61. The van der Waals surface area contributed by atoms with Crippen LogP contribution >= 0.6 is 35.8 Å². The number of carbonyl (C=O) groups is 2. The van der Waals surface area contributed by atoms with Crippen LogP contribution < -0.4 is 16.0 Å². The van der Waals surface area contributed by atoms with Gasteiger partial charge in [-0.15, -0.1) is 12.4 Å². The first-order chi connectivity index (χ1) is 10.1. The third-order valence-electron chi connectivity index (χ3n) is 3.00. The van der Waals surface area contributed by atoms with E-state index < -0.39 is 0 Å². The third kappa shape index (κ3) is 6.87. The van der Waals surface area contributed by atoms with Gasteiger partial charge >= 0.3 is 0 Å². The first-order valence-electron chi connectivity index (χ1n) is 6.77. The van der Waals surface area contributed by atoms with Gasteiger partial charge in [0.1, 0.15) is 0 Å². The van der Waals surface area contributed by atoms with Gasteiger partial charge in [0, 0.05) is 41.2 Å². The lowest BCUT2D eigenvalue weighted by molar-refractivity contribution is -0.124. The van der Waals surface area contributed by atoms with Gasteiger partial charge in [0.15, 0.2) is 0 Å². The molecule has 1 saturated heterocycles. The van der Waals surface area contributed by atoms with Crippen LogP contribution in [0.2, 0.25) is 5.02 Å². The van der Waals surface area contributed by atoms with Gasteiger partial charge in [0.25, 0.3) is 0 Å². The summed E-state index contributed by atoms with van der Waals surface area (Å²) in [6.07, 6.45) is 0.404. The van der Waals surface area contributed by atoms with Crippen molar-refractivity contribution in [1.29, 1.82) is 0 Å². The molecule has 2 amide bonds. The van der Waals surface area contributed by atoms with Gasteiger partial charge in [-0.25, -0.2) is 0 Å². The fourth-order valence-electron chi connectivity index (χ4n) is 1.96. The van der Waals surface area contributed by atoms with Crippen molar-refractivity contribution in [2.24, 2.45) is 0 Å². The van der Waals surface area contributed by atoms with E-state index in [1.54, 1.807) is 24.3 Å². The Morgan fingerprint density at radius 2 is 2.00 bits per heavy atom. The van der Waals surface area contributed by atoms with E-state index in [-0.39, 0.29) is 36.8 Å². The molecule has 0 aliphatic carbocycles. The minimum Gasteiger partial charge on any atom is -0.347 e. The standard InChI is InChI=1S/C14H18ClN3O2S.ClH/c15-10-1-3-11(4-2-10)18-14(20)8-17-13(19)7-12-9-21-6-5-16-12;/h1-4,12,16H,5-9H2,(H,17,19)(H,18,20);1H. The van der Waals surface area contributed by atoms with Crippen molar-refractivity contribution in [1.82, 2.24) is 10.6 Å². The van der Waals surface area contributed by atoms with Crippen LogP contribution in [0.5, 0.6) is 0 Å². The van der Waals surface area contributed by atoms with Crippen molar-refractivity contribution in [2.45, 2.75) is 12.5 Å². The van der Waals surface area contributed by atoms with E-state index in [1.807, 2.05) is 11.8 Å². The Hall–Kier alpha value is -0.950. The highest BCUT2D eigenvalue weighted by Crippen LogP contribution is 2.13. The molecular weight excluding hydrogens is 345 g/mol. The van der Waals surface area contributed by atoms with Crippen molar-refractivity contribution >= 4 is 53.3 Å². The van der Waals surface area contributed by atoms with E-state index in [1.165, 1.54) is 0 Å². The van der Waals surface area contributed by atoms with E-state index in [4.69, 9.17) is 11.6 Å². The largest absolute Gasteiger partial charge is 0.347 e. The quantitative estimate of drug-likeness (QED) is 0.747. The molecule has 0 bridgehead atoms. The van der Waals surface area contributed by atoms with Crippen molar-refractivity contribution in [3.8, 4) is 0 Å². The number of rotatable bonds is 5. The van der Waals surface area contributed by atoms with E-state index in [9.17, 15) is 9.59 Å². The first-order valence-corrected chi connectivity index (χ1v) is 8.30. The third-order valence-corrected chi connectivity index (χ3v) is 4.39. The summed E-state index contributed by atoms with van der Waals surface area (Å²) in [6, 6.07) is 7.02. The number of amides is 2. The molecule has 22 heavy (non-hydrogen) atoms. The van der Waals surface area contributed by atoms with Crippen molar-refractivity contribution in [2.75, 3.05) is 29.9 Å². The second-order valence-corrected chi connectivity index (χ2v) is 6.35. The van der Waals surface area contributed by atoms with Gasteiger partial charge in [-0.05, 0) is 24.3 Å². The molecule has 2 rings (SSSR count). The van der Waals surface area contributed by atoms with E-state index >= 15 is 0 Å². The number of hydrogen-bond acceptors (Lipinski definition) is 4. The maximum atomic E-state index is 11.8. The summed E-state index contributed by atoms with van der Waals surface area (Å²) in [5.74, 6) is 1.66. The molecular formula is C14H19Cl2N3O2S. The molecule has 0 aromatic heterocycles. The summed E-state index contributed by atoms with van der Waals surface area (Å²) < 4.78 is 0. The van der Waals surface area contributed by atoms with Crippen LogP contribution in [-0.2, 0) is 9.59 Å². The zero-order chi connectivity index (χ0) is 15.1. The SMILES string of the molecule is Cl.O=C(CC1CSCCN1)NCC(=O)Nc1ccc(Cl)cc1. The average Bonchev–Trinajstić information content (AvgIpc) is 2.49. The van der Waals surface area contributed by atoms with Gasteiger partial charge in [-0.2, -0.15) is 11.8 Å². The molecule has 1 aliphatic rings. The van der Waals surface area contributed by atoms with E-state index in [2.05, 4.69) is 16.0 Å². The van der Waals surface area contributed by atoms with Gasteiger partial charge in [-0.1, -0.05) is 11.6 Å². The summed E-state index contributed by atoms with van der Waals surface area (Å²) in [6.45, 7) is 0.904. The van der Waals surface area contributed by atoms with Crippen molar-refractivity contribution in [3.63, 3.8) is 0 Å². The molecule has 122 valence electrons. The second-order valence-electron chi connectivity index (χ2n) is 4.76. The van der Waals surface area contributed by atoms with E-state index in [0.717, 1.165) is 18.1 Å². The minimum atomic E-state index is -0.253. The number of anilines is 1. The molecule has 0 spiro atoms. The molecule has 1 heterocycles. The Kier molecular flexibility index (Phi) is 8.63. The highest BCUT2D eigenvalue weighted by molar-refractivity contribution is 7.99. The Balaban J connectivity index is 0.00000242. The normalized spacial score (nSPS) is 17.2. The lowest BCUT2D eigenvalue weighted by Crippen LogP contribution is -2.42. The first kappa shape index (κ1) is 19.1. The predicted octanol–water partition coefficient (Wildman–Crippen LogP) is 1.91. The van der Waals surface area contributed by atoms with Crippen LogP contribution in [0.15, 0.2) is 24.3 Å². The Bertz CT molecular complexity index is 493. The van der Waals surface area contributed by atoms with Gasteiger partial charge in [0.2, 0.25) is 11.8 Å². The summed E-state index contributed by atoms with van der Waals surface area (Å²) in [4.78, 5) is 23.5. The molecule has 0 radical (unpaired) electrons. The molecule has 1 aliphatic heterocycles. The Labute approximate surface area is 145 Å².